The number of nitriles is 1. The van der Waals surface area contributed by atoms with Gasteiger partial charge in [-0.2, -0.15) is 18.4 Å². The minimum Gasteiger partial charge on any atom is -0.298 e. The van der Waals surface area contributed by atoms with Gasteiger partial charge in [0.15, 0.2) is 9.84 Å². The van der Waals surface area contributed by atoms with E-state index in [0.29, 0.717) is 6.07 Å². The molecule has 2 N–H and O–H groups in total. The summed E-state index contributed by atoms with van der Waals surface area (Å²) in [6.07, 6.45) is -3.86. The van der Waals surface area contributed by atoms with Gasteiger partial charge in [0.05, 0.1) is 32.8 Å². The van der Waals surface area contributed by atoms with Gasteiger partial charge in [-0.25, -0.2) is 8.42 Å². The van der Waals surface area contributed by atoms with Crippen molar-refractivity contribution in [2.45, 2.75) is 11.1 Å². The summed E-state index contributed by atoms with van der Waals surface area (Å²) >= 11 is 5.78. The van der Waals surface area contributed by atoms with E-state index < -0.39 is 33.2 Å². The van der Waals surface area contributed by atoms with Crippen LogP contribution in [0.2, 0.25) is 5.02 Å². The fourth-order valence-corrected chi connectivity index (χ4v) is 3.38. The maximum Gasteiger partial charge on any atom is 0.418 e. The summed E-state index contributed by atoms with van der Waals surface area (Å²) in [5, 5.41) is 8.64. The molecule has 27 heavy (non-hydrogen) atoms. The molecular formula is C16H11ClF3N3O3S. The molecule has 2 aromatic rings. The number of anilines is 1. The molecule has 0 saturated heterocycles. The normalized spacial score (nSPS) is 11.6. The summed E-state index contributed by atoms with van der Waals surface area (Å²) in [6, 6.07) is 7.80. The van der Waals surface area contributed by atoms with Crippen molar-refractivity contribution in [3.8, 4) is 6.07 Å². The molecular weight excluding hydrogens is 407 g/mol. The Bertz CT molecular complexity index is 1050. The Morgan fingerprint density at radius 1 is 1.19 bits per heavy atom. The lowest BCUT2D eigenvalue weighted by atomic mass is 10.1. The predicted molar refractivity (Wildman–Crippen MR) is 91.8 cm³/mol. The predicted octanol–water partition coefficient (Wildman–Crippen LogP) is 3.39. The molecule has 1 amide bonds. The summed E-state index contributed by atoms with van der Waals surface area (Å²) in [5.74, 6) is -0.881. The van der Waals surface area contributed by atoms with Crippen LogP contribution >= 0.6 is 11.6 Å². The Labute approximate surface area is 157 Å². The molecule has 0 fully saturated rings. The molecule has 2 rings (SSSR count). The van der Waals surface area contributed by atoms with Gasteiger partial charge in [-0.05, 0) is 36.4 Å². The number of halogens is 4. The lowest BCUT2D eigenvalue weighted by Crippen LogP contribution is -2.30. The molecule has 6 nitrogen and oxygen atoms in total. The first-order chi connectivity index (χ1) is 12.4. The molecule has 0 aliphatic carbocycles. The molecule has 2 aromatic carbocycles. The zero-order chi connectivity index (χ0) is 20.4. The quantitative estimate of drug-likeness (QED) is 0.743. The van der Waals surface area contributed by atoms with E-state index in [0.717, 1.165) is 24.5 Å². The standard InChI is InChI=1S/C16H11ClF3N3O3S/c1-27(25,26)14-7-10(3-4-12(14)17)15(24)23-22-13-5-2-9(8-21)6-11(13)16(18,19)20/h2-7,22H,1H3,(H,23,24). The topological polar surface area (TPSA) is 99.1 Å². The number of carbonyl (C=O) groups excluding carboxylic acids is 1. The number of hydrogen-bond donors (Lipinski definition) is 2. The van der Waals surface area contributed by atoms with Crippen molar-refractivity contribution in [3.63, 3.8) is 0 Å². The molecule has 0 spiro atoms. The fraction of sp³-hybridized carbons (Fsp3) is 0.125. The van der Waals surface area contributed by atoms with Crippen LogP contribution in [0.1, 0.15) is 21.5 Å². The van der Waals surface area contributed by atoms with E-state index >= 15 is 0 Å². The first kappa shape index (κ1) is 20.5. The van der Waals surface area contributed by atoms with Gasteiger partial charge in [0, 0.05) is 11.8 Å². The number of alkyl halides is 3. The Balaban J connectivity index is 2.28. The maximum atomic E-state index is 13.1. The number of hydrogen-bond acceptors (Lipinski definition) is 5. The Morgan fingerprint density at radius 3 is 2.41 bits per heavy atom. The molecule has 0 aromatic heterocycles. The van der Waals surface area contributed by atoms with E-state index in [1.54, 1.807) is 6.07 Å². The molecule has 0 heterocycles. The molecule has 11 heteroatoms. The van der Waals surface area contributed by atoms with Crippen molar-refractivity contribution in [1.29, 1.82) is 5.26 Å². The molecule has 142 valence electrons. The van der Waals surface area contributed by atoms with Crippen molar-refractivity contribution in [1.82, 2.24) is 5.43 Å². The first-order valence-electron chi connectivity index (χ1n) is 7.11. The molecule has 0 bridgehead atoms. The molecule has 0 aliphatic rings. The van der Waals surface area contributed by atoms with Crippen LogP contribution in [0, 0.1) is 11.3 Å². The van der Waals surface area contributed by atoms with Crippen molar-refractivity contribution in [2.75, 3.05) is 11.7 Å². The Kier molecular flexibility index (Phi) is 5.67. The zero-order valence-corrected chi connectivity index (χ0v) is 15.1. The highest BCUT2D eigenvalue weighted by Gasteiger charge is 2.34. The van der Waals surface area contributed by atoms with Gasteiger partial charge in [0.1, 0.15) is 0 Å². The number of sulfone groups is 1. The van der Waals surface area contributed by atoms with Crippen LogP contribution in [0.3, 0.4) is 0 Å². The summed E-state index contributed by atoms with van der Waals surface area (Å²) < 4.78 is 62.6. The van der Waals surface area contributed by atoms with Crippen LogP contribution in [0.15, 0.2) is 41.3 Å². The third kappa shape index (κ3) is 4.90. The smallest absolute Gasteiger partial charge is 0.298 e. The van der Waals surface area contributed by atoms with Crippen LogP contribution < -0.4 is 10.9 Å². The van der Waals surface area contributed by atoms with E-state index in [2.05, 4.69) is 10.9 Å². The number of nitrogens with one attached hydrogen (secondary N) is 2. The highest BCUT2D eigenvalue weighted by Crippen LogP contribution is 2.35. The van der Waals surface area contributed by atoms with Crippen molar-refractivity contribution in [2.24, 2.45) is 0 Å². The second kappa shape index (κ2) is 7.46. The van der Waals surface area contributed by atoms with Crippen LogP contribution in [0.4, 0.5) is 18.9 Å². The van der Waals surface area contributed by atoms with Crippen LogP contribution in [-0.4, -0.2) is 20.6 Å². The van der Waals surface area contributed by atoms with Gasteiger partial charge in [-0.3, -0.25) is 15.6 Å². The van der Waals surface area contributed by atoms with Gasteiger partial charge in [-0.1, -0.05) is 11.6 Å². The lowest BCUT2D eigenvalue weighted by Gasteiger charge is -2.15. The van der Waals surface area contributed by atoms with Crippen LogP contribution in [0.5, 0.6) is 0 Å². The number of nitrogens with zero attached hydrogens (tertiary/aromatic N) is 1. The van der Waals surface area contributed by atoms with E-state index in [-0.39, 0.29) is 21.0 Å². The van der Waals surface area contributed by atoms with Gasteiger partial charge in [0.25, 0.3) is 5.91 Å². The summed E-state index contributed by atoms with van der Waals surface area (Å²) in [6.45, 7) is 0. The van der Waals surface area contributed by atoms with Crippen LogP contribution in [-0.2, 0) is 16.0 Å². The Morgan fingerprint density at radius 2 is 1.85 bits per heavy atom. The van der Waals surface area contributed by atoms with Crippen molar-refractivity contribution < 1.29 is 26.4 Å². The number of benzene rings is 2. The van der Waals surface area contributed by atoms with Gasteiger partial charge >= 0.3 is 6.18 Å². The molecule has 0 aliphatic heterocycles. The summed E-state index contributed by atoms with van der Waals surface area (Å²) in [5.41, 5.74) is 2.23. The molecule has 0 saturated carbocycles. The third-order valence-electron chi connectivity index (χ3n) is 3.36. The highest BCUT2D eigenvalue weighted by atomic mass is 35.5. The second-order valence-corrected chi connectivity index (χ2v) is 7.76. The Hall–Kier alpha value is -2.77. The monoisotopic (exact) mass is 417 g/mol. The maximum absolute atomic E-state index is 13.1. The zero-order valence-electron chi connectivity index (χ0n) is 13.6. The minimum absolute atomic E-state index is 0.0894. The number of rotatable bonds is 4. The summed E-state index contributed by atoms with van der Waals surface area (Å²) in [4.78, 5) is 11.9. The van der Waals surface area contributed by atoms with Crippen LogP contribution in [0.25, 0.3) is 0 Å². The van der Waals surface area contributed by atoms with Gasteiger partial charge in [0.2, 0.25) is 0 Å². The van der Waals surface area contributed by atoms with Crippen molar-refractivity contribution in [3.05, 3.63) is 58.1 Å². The highest BCUT2D eigenvalue weighted by molar-refractivity contribution is 7.90. The van der Waals surface area contributed by atoms with Crippen molar-refractivity contribution >= 4 is 33.0 Å². The molecule has 0 radical (unpaired) electrons. The largest absolute Gasteiger partial charge is 0.418 e. The number of carbonyl (C=O) groups is 1. The fourth-order valence-electron chi connectivity index (χ4n) is 2.08. The van der Waals surface area contributed by atoms with E-state index in [9.17, 15) is 26.4 Å². The molecule has 0 unspecified atom stereocenters. The lowest BCUT2D eigenvalue weighted by molar-refractivity contribution is -0.137. The van der Waals surface area contributed by atoms with E-state index in [1.165, 1.54) is 12.1 Å². The average molecular weight is 418 g/mol. The second-order valence-electron chi connectivity index (χ2n) is 5.37. The van der Waals surface area contributed by atoms with E-state index in [1.807, 2.05) is 0 Å². The number of hydrazine groups is 1. The van der Waals surface area contributed by atoms with Gasteiger partial charge < -0.3 is 0 Å². The summed E-state index contributed by atoms with van der Waals surface area (Å²) in [7, 11) is -3.70. The molecule has 0 atom stereocenters. The van der Waals surface area contributed by atoms with E-state index in [4.69, 9.17) is 16.9 Å². The van der Waals surface area contributed by atoms with Gasteiger partial charge in [-0.15, -0.1) is 0 Å². The number of amides is 1. The third-order valence-corrected chi connectivity index (χ3v) is 4.94. The minimum atomic E-state index is -4.76. The average Bonchev–Trinajstić information content (AvgIpc) is 2.58. The SMILES string of the molecule is CS(=O)(=O)c1cc(C(=O)NNc2ccc(C#N)cc2C(F)(F)F)ccc1Cl. The first-order valence-corrected chi connectivity index (χ1v) is 9.37.